The molecular weight excluding hydrogens is 240 g/mol. The Hall–Kier alpha value is -2.33. The summed E-state index contributed by atoms with van der Waals surface area (Å²) in [7, 11) is 0. The van der Waals surface area contributed by atoms with Gasteiger partial charge in [-0.1, -0.05) is 29.8 Å². The van der Waals surface area contributed by atoms with Crippen LogP contribution < -0.4 is 15.8 Å². The van der Waals surface area contributed by atoms with E-state index in [1.807, 2.05) is 43.3 Å². The van der Waals surface area contributed by atoms with Crippen molar-refractivity contribution >= 4 is 11.6 Å². The lowest BCUT2D eigenvalue weighted by Crippen LogP contribution is -2.22. The molecule has 0 fully saturated rings. The first kappa shape index (κ1) is 13.1. The average molecular weight is 256 g/mol. The van der Waals surface area contributed by atoms with Crippen LogP contribution in [0.4, 0.5) is 5.69 Å². The van der Waals surface area contributed by atoms with E-state index < -0.39 is 0 Å². The fraction of sp³-hybridized carbons (Fsp3) is 0.133. The Morgan fingerprint density at radius 2 is 1.84 bits per heavy atom. The molecule has 0 atom stereocenters. The fourth-order valence-electron chi connectivity index (χ4n) is 1.59. The van der Waals surface area contributed by atoms with Gasteiger partial charge in [0.15, 0.2) is 5.75 Å². The van der Waals surface area contributed by atoms with Gasteiger partial charge in [-0.15, -0.1) is 0 Å². The SMILES string of the molecule is Cc1ccc(Oc2ccccc2NC(=O)CN)cc1. The lowest BCUT2D eigenvalue weighted by molar-refractivity contribution is -0.114. The van der Waals surface area contributed by atoms with Crippen LogP contribution in [0.15, 0.2) is 48.5 Å². The third-order valence-corrected chi connectivity index (χ3v) is 2.60. The number of ether oxygens (including phenoxy) is 1. The smallest absolute Gasteiger partial charge is 0.238 e. The number of carbonyl (C=O) groups is 1. The summed E-state index contributed by atoms with van der Waals surface area (Å²) in [6.45, 7) is 1.96. The summed E-state index contributed by atoms with van der Waals surface area (Å²) in [5.74, 6) is 1.06. The van der Waals surface area contributed by atoms with Crippen molar-refractivity contribution in [3.05, 3.63) is 54.1 Å². The van der Waals surface area contributed by atoms with Crippen LogP contribution in [0.5, 0.6) is 11.5 Å². The number of benzene rings is 2. The van der Waals surface area contributed by atoms with Crippen molar-refractivity contribution in [3.8, 4) is 11.5 Å². The number of carbonyl (C=O) groups excluding carboxylic acids is 1. The van der Waals surface area contributed by atoms with Crippen LogP contribution >= 0.6 is 0 Å². The molecule has 4 heteroatoms. The number of rotatable bonds is 4. The van der Waals surface area contributed by atoms with E-state index in [2.05, 4.69) is 5.32 Å². The monoisotopic (exact) mass is 256 g/mol. The minimum absolute atomic E-state index is 0.0567. The molecule has 2 aromatic rings. The van der Waals surface area contributed by atoms with Gasteiger partial charge in [0.05, 0.1) is 12.2 Å². The highest BCUT2D eigenvalue weighted by atomic mass is 16.5. The molecule has 0 aromatic heterocycles. The molecule has 0 radical (unpaired) electrons. The molecule has 0 aliphatic heterocycles. The third-order valence-electron chi connectivity index (χ3n) is 2.60. The number of nitrogens with two attached hydrogens (primary N) is 1. The first-order valence-electron chi connectivity index (χ1n) is 6.02. The zero-order valence-corrected chi connectivity index (χ0v) is 10.7. The highest BCUT2D eigenvalue weighted by molar-refractivity contribution is 5.93. The molecule has 0 aliphatic carbocycles. The van der Waals surface area contributed by atoms with Crippen LogP contribution in [0.1, 0.15) is 5.56 Å². The Balaban J connectivity index is 2.20. The molecule has 0 spiro atoms. The number of nitrogens with one attached hydrogen (secondary N) is 1. The van der Waals surface area contributed by atoms with Crippen LogP contribution in [-0.4, -0.2) is 12.5 Å². The molecular formula is C15H16N2O2. The van der Waals surface area contributed by atoms with Crippen molar-refractivity contribution in [1.82, 2.24) is 0 Å². The van der Waals surface area contributed by atoms with Crippen molar-refractivity contribution in [2.75, 3.05) is 11.9 Å². The molecule has 0 heterocycles. The van der Waals surface area contributed by atoms with E-state index in [1.165, 1.54) is 0 Å². The molecule has 1 amide bonds. The Kier molecular flexibility index (Phi) is 4.15. The first-order chi connectivity index (χ1) is 9.19. The molecule has 0 unspecified atom stereocenters. The number of anilines is 1. The van der Waals surface area contributed by atoms with Gasteiger partial charge in [0.2, 0.25) is 5.91 Å². The second-order valence-corrected chi connectivity index (χ2v) is 4.16. The summed E-state index contributed by atoms with van der Waals surface area (Å²) in [6.07, 6.45) is 0. The number of aryl methyl sites for hydroxylation is 1. The van der Waals surface area contributed by atoms with Gasteiger partial charge in [0.1, 0.15) is 5.75 Å². The highest BCUT2D eigenvalue weighted by Crippen LogP contribution is 2.29. The topological polar surface area (TPSA) is 64.3 Å². The van der Waals surface area contributed by atoms with Gasteiger partial charge in [-0.3, -0.25) is 4.79 Å². The van der Waals surface area contributed by atoms with Crippen molar-refractivity contribution in [2.24, 2.45) is 5.73 Å². The molecule has 98 valence electrons. The fourth-order valence-corrected chi connectivity index (χ4v) is 1.59. The lowest BCUT2D eigenvalue weighted by Gasteiger charge is -2.11. The molecule has 0 aliphatic rings. The Bertz CT molecular complexity index is 565. The predicted octanol–water partition coefficient (Wildman–Crippen LogP) is 2.68. The van der Waals surface area contributed by atoms with Gasteiger partial charge in [0.25, 0.3) is 0 Å². The van der Waals surface area contributed by atoms with Crippen LogP contribution in [0.3, 0.4) is 0 Å². The molecule has 19 heavy (non-hydrogen) atoms. The van der Waals surface area contributed by atoms with Gasteiger partial charge in [-0.05, 0) is 31.2 Å². The maximum atomic E-state index is 11.3. The van der Waals surface area contributed by atoms with Gasteiger partial charge < -0.3 is 15.8 Å². The van der Waals surface area contributed by atoms with E-state index in [0.29, 0.717) is 11.4 Å². The number of hydrogen-bond donors (Lipinski definition) is 2. The van der Waals surface area contributed by atoms with E-state index in [4.69, 9.17) is 10.5 Å². The Morgan fingerprint density at radius 3 is 2.53 bits per heavy atom. The van der Waals surface area contributed by atoms with Crippen LogP contribution in [0, 0.1) is 6.92 Å². The molecule has 2 rings (SSSR count). The van der Waals surface area contributed by atoms with Crippen LogP contribution in [-0.2, 0) is 4.79 Å². The maximum absolute atomic E-state index is 11.3. The average Bonchev–Trinajstić information content (AvgIpc) is 2.43. The quantitative estimate of drug-likeness (QED) is 0.884. The van der Waals surface area contributed by atoms with Crippen LogP contribution in [0.25, 0.3) is 0 Å². The molecule has 0 saturated heterocycles. The minimum atomic E-state index is -0.250. The number of hydrogen-bond acceptors (Lipinski definition) is 3. The van der Waals surface area contributed by atoms with E-state index in [9.17, 15) is 4.79 Å². The van der Waals surface area contributed by atoms with E-state index in [-0.39, 0.29) is 12.5 Å². The largest absolute Gasteiger partial charge is 0.455 e. The van der Waals surface area contributed by atoms with E-state index >= 15 is 0 Å². The van der Waals surface area contributed by atoms with Crippen LogP contribution in [0.2, 0.25) is 0 Å². The Morgan fingerprint density at radius 1 is 1.16 bits per heavy atom. The summed E-state index contributed by atoms with van der Waals surface area (Å²) < 4.78 is 5.75. The minimum Gasteiger partial charge on any atom is -0.455 e. The summed E-state index contributed by atoms with van der Waals surface area (Å²) in [5, 5.41) is 2.70. The van der Waals surface area contributed by atoms with Gasteiger partial charge in [-0.25, -0.2) is 0 Å². The molecule has 3 N–H and O–H groups in total. The normalized spacial score (nSPS) is 10.0. The molecule has 2 aromatic carbocycles. The zero-order chi connectivity index (χ0) is 13.7. The second-order valence-electron chi connectivity index (χ2n) is 4.16. The van der Waals surface area contributed by atoms with E-state index in [0.717, 1.165) is 11.3 Å². The summed E-state index contributed by atoms with van der Waals surface area (Å²) in [4.78, 5) is 11.3. The second kappa shape index (κ2) is 6.02. The number of para-hydroxylation sites is 2. The highest BCUT2D eigenvalue weighted by Gasteiger charge is 2.06. The third kappa shape index (κ3) is 3.56. The predicted molar refractivity (Wildman–Crippen MR) is 75.4 cm³/mol. The Labute approximate surface area is 112 Å². The van der Waals surface area contributed by atoms with Gasteiger partial charge >= 0.3 is 0 Å². The van der Waals surface area contributed by atoms with Crippen molar-refractivity contribution in [3.63, 3.8) is 0 Å². The first-order valence-corrected chi connectivity index (χ1v) is 6.02. The van der Waals surface area contributed by atoms with Crippen molar-refractivity contribution in [1.29, 1.82) is 0 Å². The standard InChI is InChI=1S/C15H16N2O2/c1-11-6-8-12(9-7-11)19-14-5-3-2-4-13(14)17-15(18)10-16/h2-9H,10,16H2,1H3,(H,17,18). The lowest BCUT2D eigenvalue weighted by atomic mass is 10.2. The molecule has 4 nitrogen and oxygen atoms in total. The summed E-state index contributed by atoms with van der Waals surface area (Å²) in [6, 6.07) is 15.0. The van der Waals surface area contributed by atoms with Gasteiger partial charge in [-0.2, -0.15) is 0 Å². The maximum Gasteiger partial charge on any atom is 0.238 e. The van der Waals surface area contributed by atoms with Crippen molar-refractivity contribution in [2.45, 2.75) is 6.92 Å². The van der Waals surface area contributed by atoms with Gasteiger partial charge in [0, 0.05) is 0 Å². The molecule has 0 bridgehead atoms. The zero-order valence-electron chi connectivity index (χ0n) is 10.7. The summed E-state index contributed by atoms with van der Waals surface area (Å²) in [5.41, 5.74) is 7.06. The van der Waals surface area contributed by atoms with E-state index in [1.54, 1.807) is 12.1 Å². The van der Waals surface area contributed by atoms with Crippen molar-refractivity contribution < 1.29 is 9.53 Å². The molecule has 0 saturated carbocycles. The summed E-state index contributed by atoms with van der Waals surface area (Å²) >= 11 is 0. The number of amides is 1.